The van der Waals surface area contributed by atoms with Gasteiger partial charge in [-0.3, -0.25) is 4.79 Å². The van der Waals surface area contributed by atoms with Crippen LogP contribution in [0.5, 0.6) is 0 Å². The molecule has 0 radical (unpaired) electrons. The highest BCUT2D eigenvalue weighted by Gasteiger charge is 2.23. The monoisotopic (exact) mass is 293 g/mol. The third-order valence-electron chi connectivity index (χ3n) is 4.50. The number of benzene rings is 1. The molecule has 2 heteroatoms. The van der Waals surface area contributed by atoms with Crippen LogP contribution in [0.2, 0.25) is 0 Å². The second-order valence-corrected chi connectivity index (χ2v) is 6.08. The summed E-state index contributed by atoms with van der Waals surface area (Å²) in [4.78, 5) is 14.6. The minimum atomic E-state index is 0.218. The van der Waals surface area contributed by atoms with Crippen molar-refractivity contribution in [3.63, 3.8) is 0 Å². The van der Waals surface area contributed by atoms with E-state index in [0.29, 0.717) is 13.0 Å². The van der Waals surface area contributed by atoms with Crippen LogP contribution in [0.1, 0.15) is 45.1 Å². The van der Waals surface area contributed by atoms with Gasteiger partial charge < -0.3 is 4.90 Å². The fourth-order valence-corrected chi connectivity index (χ4v) is 3.23. The molecule has 0 N–H and O–H groups in total. The van der Waals surface area contributed by atoms with Crippen molar-refractivity contribution < 1.29 is 4.79 Å². The molecule has 0 atom stereocenters. The van der Waals surface area contributed by atoms with Gasteiger partial charge in [-0.1, -0.05) is 48.9 Å². The number of fused-ring (bicyclic) bond motifs is 2. The summed E-state index contributed by atoms with van der Waals surface area (Å²) in [7, 11) is 0. The van der Waals surface area contributed by atoms with Crippen molar-refractivity contribution >= 4 is 17.7 Å². The Morgan fingerprint density at radius 3 is 2.86 bits per heavy atom. The second-order valence-electron chi connectivity index (χ2n) is 6.08. The first-order valence-corrected chi connectivity index (χ1v) is 8.17. The number of amides is 1. The molecule has 1 aliphatic carbocycles. The maximum absolute atomic E-state index is 12.7. The van der Waals surface area contributed by atoms with E-state index in [9.17, 15) is 4.79 Å². The summed E-state index contributed by atoms with van der Waals surface area (Å²) in [5, 5.41) is 0. The highest BCUT2D eigenvalue weighted by atomic mass is 16.2. The molecular weight excluding hydrogens is 270 g/mol. The van der Waals surface area contributed by atoms with Crippen LogP contribution in [0.15, 0.2) is 53.1 Å². The predicted molar refractivity (Wildman–Crippen MR) is 92.8 cm³/mol. The van der Waals surface area contributed by atoms with Crippen LogP contribution in [0, 0.1) is 0 Å². The zero-order valence-corrected chi connectivity index (χ0v) is 13.4. The van der Waals surface area contributed by atoms with Crippen LogP contribution >= 0.6 is 0 Å². The summed E-state index contributed by atoms with van der Waals surface area (Å²) in [5.41, 5.74) is 6.17. The van der Waals surface area contributed by atoms with Crippen LogP contribution in [0.3, 0.4) is 0 Å². The number of para-hydroxylation sites is 1. The Morgan fingerprint density at radius 1 is 1.23 bits per heavy atom. The first-order valence-electron chi connectivity index (χ1n) is 8.17. The van der Waals surface area contributed by atoms with E-state index < -0.39 is 0 Å². The molecule has 0 fully saturated rings. The van der Waals surface area contributed by atoms with Crippen LogP contribution in [0.4, 0.5) is 5.69 Å². The number of hydrogen-bond donors (Lipinski definition) is 0. The molecule has 114 valence electrons. The zero-order valence-electron chi connectivity index (χ0n) is 13.4. The molecule has 22 heavy (non-hydrogen) atoms. The molecule has 0 aromatic heterocycles. The van der Waals surface area contributed by atoms with Gasteiger partial charge in [0.1, 0.15) is 0 Å². The summed E-state index contributed by atoms with van der Waals surface area (Å²) in [6.07, 6.45) is 10.3. The lowest BCUT2D eigenvalue weighted by Gasteiger charge is -2.30. The normalized spacial score (nSPS) is 18.8. The number of allylic oxidation sites excluding steroid dienone is 3. The molecule has 2 nitrogen and oxygen atoms in total. The highest BCUT2D eigenvalue weighted by Crippen LogP contribution is 2.33. The van der Waals surface area contributed by atoms with E-state index in [1.807, 2.05) is 17.0 Å². The van der Waals surface area contributed by atoms with Crippen molar-refractivity contribution in [1.82, 2.24) is 0 Å². The van der Waals surface area contributed by atoms with E-state index in [4.69, 9.17) is 0 Å². The van der Waals surface area contributed by atoms with Crippen LogP contribution in [0.25, 0.3) is 6.08 Å². The van der Waals surface area contributed by atoms with E-state index in [2.05, 4.69) is 44.2 Å². The fourth-order valence-electron chi connectivity index (χ4n) is 3.23. The Hall–Kier alpha value is -2.09. The summed E-state index contributed by atoms with van der Waals surface area (Å²) < 4.78 is 0. The average Bonchev–Trinajstić information content (AvgIpc) is 2.50. The molecule has 1 amide bonds. The molecule has 0 spiro atoms. The van der Waals surface area contributed by atoms with Gasteiger partial charge in [-0.15, -0.1) is 0 Å². The lowest BCUT2D eigenvalue weighted by atomic mass is 9.89. The smallest absolute Gasteiger partial charge is 0.227 e. The first kappa shape index (κ1) is 14.8. The van der Waals surface area contributed by atoms with E-state index in [0.717, 1.165) is 30.5 Å². The summed E-state index contributed by atoms with van der Waals surface area (Å²) in [6, 6.07) is 8.19. The predicted octanol–water partition coefficient (Wildman–Crippen LogP) is 4.88. The molecule has 0 unspecified atom stereocenters. The molecule has 1 aromatic rings. The number of nitrogens with zero attached hydrogens (tertiary/aromatic N) is 1. The Kier molecular flexibility index (Phi) is 4.28. The molecule has 0 saturated carbocycles. The van der Waals surface area contributed by atoms with Gasteiger partial charge in [-0.05, 0) is 49.0 Å². The third kappa shape index (κ3) is 2.78. The zero-order chi connectivity index (χ0) is 15.5. The Labute approximate surface area is 132 Å². The molecule has 1 heterocycles. The molecule has 2 aliphatic rings. The number of anilines is 1. The maximum atomic E-state index is 12.7. The summed E-state index contributed by atoms with van der Waals surface area (Å²) in [6.45, 7) is 4.95. The minimum Gasteiger partial charge on any atom is -0.307 e. The minimum absolute atomic E-state index is 0.218. The highest BCUT2D eigenvalue weighted by molar-refractivity contribution is 5.96. The van der Waals surface area contributed by atoms with Gasteiger partial charge in [0, 0.05) is 6.42 Å². The van der Waals surface area contributed by atoms with Crippen LogP contribution < -0.4 is 4.90 Å². The molecule has 3 rings (SSSR count). The van der Waals surface area contributed by atoms with E-state index >= 15 is 0 Å². The Balaban J connectivity index is 2.11. The largest absolute Gasteiger partial charge is 0.307 e. The average molecular weight is 293 g/mol. The van der Waals surface area contributed by atoms with Crippen molar-refractivity contribution in [2.24, 2.45) is 0 Å². The second kappa shape index (κ2) is 6.35. The van der Waals surface area contributed by atoms with Gasteiger partial charge in [0.15, 0.2) is 0 Å². The van der Waals surface area contributed by atoms with Gasteiger partial charge in [-0.2, -0.15) is 0 Å². The quantitative estimate of drug-likeness (QED) is 0.760. The van der Waals surface area contributed by atoms with Crippen molar-refractivity contribution in [2.75, 3.05) is 11.4 Å². The number of carbonyl (C=O) groups excluding carboxylic acids is 1. The molecular formula is C20H23NO. The van der Waals surface area contributed by atoms with Gasteiger partial charge in [-0.25, -0.2) is 0 Å². The third-order valence-corrected chi connectivity index (χ3v) is 4.50. The Bertz CT molecular complexity index is 679. The maximum Gasteiger partial charge on any atom is 0.227 e. The van der Waals surface area contributed by atoms with Gasteiger partial charge >= 0.3 is 0 Å². The number of carbonyl (C=O) groups is 1. The molecule has 1 aromatic carbocycles. The summed E-state index contributed by atoms with van der Waals surface area (Å²) in [5.74, 6) is 0.218. The lowest BCUT2D eigenvalue weighted by Crippen LogP contribution is -2.34. The van der Waals surface area contributed by atoms with Crippen molar-refractivity contribution in [1.29, 1.82) is 0 Å². The summed E-state index contributed by atoms with van der Waals surface area (Å²) >= 11 is 0. The Morgan fingerprint density at radius 2 is 2.05 bits per heavy atom. The van der Waals surface area contributed by atoms with Crippen molar-refractivity contribution in [3.8, 4) is 0 Å². The molecule has 1 aliphatic heterocycles. The number of rotatable bonds is 2. The van der Waals surface area contributed by atoms with Crippen LogP contribution in [-0.4, -0.2) is 12.5 Å². The SMILES string of the molecule is CCCC(=O)N1CC2=C(C)CCC=C2/C=C\c2ccccc21. The fraction of sp³-hybridized carbons (Fsp3) is 0.350. The first-order chi connectivity index (χ1) is 10.7. The van der Waals surface area contributed by atoms with E-state index in [1.165, 1.54) is 16.7 Å². The van der Waals surface area contributed by atoms with Crippen LogP contribution in [-0.2, 0) is 4.79 Å². The molecule has 0 bridgehead atoms. The van der Waals surface area contributed by atoms with Crippen molar-refractivity contribution in [3.05, 3.63) is 58.7 Å². The van der Waals surface area contributed by atoms with Gasteiger partial charge in [0.25, 0.3) is 0 Å². The van der Waals surface area contributed by atoms with Gasteiger partial charge in [0.2, 0.25) is 5.91 Å². The van der Waals surface area contributed by atoms with Gasteiger partial charge in [0.05, 0.1) is 12.2 Å². The van der Waals surface area contributed by atoms with Crippen molar-refractivity contribution in [2.45, 2.75) is 39.5 Å². The standard InChI is InChI=1S/C20H23NO/c1-3-7-20(22)21-14-18-15(2)8-6-10-16(18)12-13-17-9-4-5-11-19(17)21/h4-5,9-13H,3,6-8,14H2,1-2H3/b13-12-. The topological polar surface area (TPSA) is 20.3 Å². The van der Waals surface area contributed by atoms with E-state index in [1.54, 1.807) is 0 Å². The molecule has 0 saturated heterocycles. The number of hydrogen-bond acceptors (Lipinski definition) is 1. The lowest BCUT2D eigenvalue weighted by molar-refractivity contribution is -0.118. The van der Waals surface area contributed by atoms with E-state index in [-0.39, 0.29) is 5.91 Å².